The number of aliphatic hydroxyl groups excluding tert-OH is 1. The molecule has 3 atom stereocenters. The fourth-order valence-electron chi connectivity index (χ4n) is 7.86. The standard InChI is InChI=1S/C37H39IN2O2/c1-21-11-16-31(27-14-12-26(13-15-27)20-40-30-9-7-6-8-10-30)32-18-28-17-29-19-33(41)36(25(5)39)24(4)37(29,42-38)23(3)35(28)22(2)34(21)32/h6-7,9,11-16,28-29,40-41H,2,4-5,8,10,17-20,39H2,1,3H3/t28-,29+,37+/m1/s1. The molecule has 4 aliphatic carbocycles. The highest BCUT2D eigenvalue weighted by Gasteiger charge is 2.55. The molecule has 2 aromatic carbocycles. The highest BCUT2D eigenvalue weighted by molar-refractivity contribution is 14.1. The first-order valence-electron chi connectivity index (χ1n) is 14.8. The summed E-state index contributed by atoms with van der Waals surface area (Å²) in [5.74, 6) is 0.581. The van der Waals surface area contributed by atoms with Gasteiger partial charge in [0.1, 0.15) is 34.4 Å². The van der Waals surface area contributed by atoms with E-state index in [2.05, 4.69) is 86.9 Å². The van der Waals surface area contributed by atoms with Crippen molar-refractivity contribution in [2.75, 3.05) is 0 Å². The Balaban J connectivity index is 1.37. The predicted octanol–water partition coefficient (Wildman–Crippen LogP) is 8.86. The molecule has 0 heterocycles. The second-order valence-corrected chi connectivity index (χ2v) is 12.6. The second kappa shape index (κ2) is 11.1. The molecule has 0 saturated heterocycles. The summed E-state index contributed by atoms with van der Waals surface area (Å²) in [7, 11) is 0. The van der Waals surface area contributed by atoms with Crippen molar-refractivity contribution in [1.82, 2.24) is 5.32 Å². The molecule has 216 valence electrons. The number of hydrogen-bond donors (Lipinski definition) is 3. The van der Waals surface area contributed by atoms with Crippen LogP contribution in [0.3, 0.4) is 0 Å². The molecule has 5 heteroatoms. The fraction of sp³-hybridized carbons (Fsp3) is 0.297. The summed E-state index contributed by atoms with van der Waals surface area (Å²) in [5.41, 5.74) is 19.3. The van der Waals surface area contributed by atoms with Crippen LogP contribution in [-0.4, -0.2) is 10.7 Å². The first-order chi connectivity index (χ1) is 20.2. The van der Waals surface area contributed by atoms with Gasteiger partial charge in [0.25, 0.3) is 0 Å². The van der Waals surface area contributed by atoms with Crippen LogP contribution in [0.5, 0.6) is 0 Å². The number of fused-ring (bicyclic) bond motifs is 3. The maximum Gasteiger partial charge on any atom is 0.130 e. The summed E-state index contributed by atoms with van der Waals surface area (Å²) >= 11 is 2.00. The average Bonchev–Trinajstić information content (AvgIpc) is 2.97. The smallest absolute Gasteiger partial charge is 0.130 e. The Morgan fingerprint density at radius 1 is 1.14 bits per heavy atom. The molecule has 0 bridgehead atoms. The van der Waals surface area contributed by atoms with Crippen LogP contribution in [0.25, 0.3) is 16.7 Å². The normalized spacial score (nSPS) is 25.1. The van der Waals surface area contributed by atoms with Gasteiger partial charge in [0, 0.05) is 35.9 Å². The van der Waals surface area contributed by atoms with Gasteiger partial charge in [-0.1, -0.05) is 68.3 Å². The molecule has 0 aromatic heterocycles. The summed E-state index contributed by atoms with van der Waals surface area (Å²) in [6, 6.07) is 13.5. The Bertz CT molecular complexity index is 1640. The molecule has 0 aliphatic heterocycles. The first kappa shape index (κ1) is 28.8. The van der Waals surface area contributed by atoms with Crippen molar-refractivity contribution >= 4 is 28.6 Å². The number of nitrogens with two attached hydrogens (primary N) is 1. The van der Waals surface area contributed by atoms with Crippen molar-refractivity contribution in [3.05, 3.63) is 136 Å². The lowest BCUT2D eigenvalue weighted by atomic mass is 9.56. The number of rotatable bonds is 6. The van der Waals surface area contributed by atoms with E-state index in [9.17, 15) is 5.11 Å². The van der Waals surface area contributed by atoms with Crippen LogP contribution >= 0.6 is 23.0 Å². The van der Waals surface area contributed by atoms with Crippen molar-refractivity contribution in [2.45, 2.75) is 58.1 Å². The topological polar surface area (TPSA) is 67.5 Å². The maximum absolute atomic E-state index is 11.0. The van der Waals surface area contributed by atoms with Gasteiger partial charge < -0.3 is 16.2 Å². The number of aliphatic hydroxyl groups is 1. The van der Waals surface area contributed by atoms with Crippen LogP contribution in [0.4, 0.5) is 0 Å². The van der Waals surface area contributed by atoms with Crippen molar-refractivity contribution in [3.63, 3.8) is 0 Å². The van der Waals surface area contributed by atoms with Crippen LogP contribution in [0, 0.1) is 18.8 Å². The zero-order valence-corrected chi connectivity index (χ0v) is 26.7. The van der Waals surface area contributed by atoms with Gasteiger partial charge in [0.15, 0.2) is 0 Å². The van der Waals surface area contributed by atoms with E-state index < -0.39 is 5.60 Å². The molecule has 42 heavy (non-hydrogen) atoms. The molecular weight excluding hydrogens is 631 g/mol. The van der Waals surface area contributed by atoms with Gasteiger partial charge in [-0.2, -0.15) is 0 Å². The minimum Gasteiger partial charge on any atom is -0.512 e. The number of benzene rings is 2. The molecule has 0 radical (unpaired) electrons. The Kier molecular flexibility index (Phi) is 7.60. The van der Waals surface area contributed by atoms with E-state index in [0.29, 0.717) is 23.3 Å². The number of aryl methyl sites for hydroxylation is 1. The highest BCUT2D eigenvalue weighted by atomic mass is 127. The first-order valence-corrected chi connectivity index (χ1v) is 15.6. The van der Waals surface area contributed by atoms with Crippen LogP contribution in [-0.2, 0) is 16.0 Å². The number of hydrogen-bond acceptors (Lipinski definition) is 4. The molecule has 0 spiro atoms. The third kappa shape index (κ3) is 4.53. The Hall–Kier alpha value is -3.29. The summed E-state index contributed by atoms with van der Waals surface area (Å²) in [6.45, 7) is 18.2. The molecule has 0 amide bonds. The monoisotopic (exact) mass is 670 g/mol. The molecular formula is C37H39IN2O2. The van der Waals surface area contributed by atoms with E-state index in [4.69, 9.17) is 15.4 Å². The molecule has 4 N–H and O–H groups in total. The van der Waals surface area contributed by atoms with E-state index in [1.807, 2.05) is 23.0 Å². The summed E-state index contributed by atoms with van der Waals surface area (Å²) in [4.78, 5) is 0. The van der Waals surface area contributed by atoms with Gasteiger partial charge in [-0.3, -0.25) is 3.07 Å². The average molecular weight is 671 g/mol. The van der Waals surface area contributed by atoms with E-state index in [-0.39, 0.29) is 17.6 Å². The van der Waals surface area contributed by atoms with Crippen molar-refractivity contribution < 1.29 is 8.17 Å². The summed E-state index contributed by atoms with van der Waals surface area (Å²) in [5, 5.41) is 14.6. The lowest BCUT2D eigenvalue weighted by Gasteiger charge is -2.52. The van der Waals surface area contributed by atoms with Gasteiger partial charge in [-0.05, 0) is 107 Å². The van der Waals surface area contributed by atoms with Crippen LogP contribution in [0.1, 0.15) is 54.9 Å². The molecule has 0 saturated carbocycles. The van der Waals surface area contributed by atoms with E-state index in [1.165, 1.54) is 44.7 Å². The SMILES string of the molecule is C=C(N)C1=C(O)C[C@@H]2C[C@@H]3Cc4c(-c5ccc(CNC6=CC=CCC6)cc5)ccc(C)c4C(=C)C3=C(C)[C@]2(OI)C1=C. The van der Waals surface area contributed by atoms with Gasteiger partial charge >= 0.3 is 0 Å². The lowest BCUT2D eigenvalue weighted by molar-refractivity contribution is 0.0831. The minimum atomic E-state index is -0.754. The zero-order valence-electron chi connectivity index (χ0n) is 24.5. The van der Waals surface area contributed by atoms with E-state index >= 15 is 0 Å². The highest BCUT2D eigenvalue weighted by Crippen LogP contribution is 2.59. The third-order valence-electron chi connectivity index (χ3n) is 9.83. The lowest BCUT2D eigenvalue weighted by Crippen LogP contribution is -2.50. The van der Waals surface area contributed by atoms with Crippen molar-refractivity contribution in [3.8, 4) is 11.1 Å². The quantitative estimate of drug-likeness (QED) is 0.269. The fourth-order valence-corrected chi connectivity index (χ4v) is 8.81. The number of nitrogens with one attached hydrogen (secondary N) is 1. The van der Waals surface area contributed by atoms with Gasteiger partial charge in [0.05, 0.1) is 0 Å². The summed E-state index contributed by atoms with van der Waals surface area (Å²) in [6.07, 6.45) is 11.0. The number of halogens is 1. The van der Waals surface area contributed by atoms with Crippen LogP contribution < -0.4 is 11.1 Å². The van der Waals surface area contributed by atoms with Crippen molar-refractivity contribution in [1.29, 1.82) is 0 Å². The molecule has 6 rings (SSSR count). The zero-order chi connectivity index (χ0) is 29.8. The molecule has 0 fully saturated rings. The Morgan fingerprint density at radius 3 is 2.57 bits per heavy atom. The maximum atomic E-state index is 11.0. The number of allylic oxidation sites excluding steroid dienone is 8. The van der Waals surface area contributed by atoms with E-state index in [1.54, 1.807) is 0 Å². The van der Waals surface area contributed by atoms with Gasteiger partial charge in [-0.15, -0.1) is 0 Å². The molecule has 4 nitrogen and oxygen atoms in total. The summed E-state index contributed by atoms with van der Waals surface area (Å²) < 4.78 is 6.33. The van der Waals surface area contributed by atoms with Crippen LogP contribution in [0.15, 0.2) is 114 Å². The van der Waals surface area contributed by atoms with Crippen molar-refractivity contribution in [2.24, 2.45) is 17.6 Å². The minimum absolute atomic E-state index is 0.0444. The molecule has 2 aromatic rings. The molecule has 4 aliphatic rings. The Morgan fingerprint density at radius 2 is 1.90 bits per heavy atom. The Labute approximate surface area is 263 Å². The van der Waals surface area contributed by atoms with Crippen LogP contribution in [0.2, 0.25) is 0 Å². The van der Waals surface area contributed by atoms with Gasteiger partial charge in [-0.25, -0.2) is 0 Å². The molecule has 0 unspecified atom stereocenters. The second-order valence-electron chi connectivity index (χ2n) is 12.2. The predicted molar refractivity (Wildman–Crippen MR) is 182 cm³/mol. The van der Waals surface area contributed by atoms with E-state index in [0.717, 1.165) is 43.4 Å². The van der Waals surface area contributed by atoms with Gasteiger partial charge in [0.2, 0.25) is 0 Å². The third-order valence-corrected chi connectivity index (χ3v) is 10.5. The largest absolute Gasteiger partial charge is 0.512 e.